The van der Waals surface area contributed by atoms with E-state index >= 15 is 0 Å². The van der Waals surface area contributed by atoms with Gasteiger partial charge in [0, 0.05) is 6.04 Å². The largest absolute Gasteiger partial charge is 0.310 e. The van der Waals surface area contributed by atoms with Gasteiger partial charge in [-0.05, 0) is 30.5 Å². The average molecular weight is 205 g/mol. The molecule has 15 heavy (non-hydrogen) atoms. The summed E-state index contributed by atoms with van der Waals surface area (Å²) in [5, 5.41) is 3.55. The first-order valence-electron chi connectivity index (χ1n) is 6.14. The minimum atomic E-state index is 0.534. The van der Waals surface area contributed by atoms with E-state index in [9.17, 15) is 0 Å². The lowest BCUT2D eigenvalue weighted by Gasteiger charge is -2.18. The second-order valence-corrected chi connectivity index (χ2v) is 4.00. The van der Waals surface area contributed by atoms with Gasteiger partial charge in [-0.1, -0.05) is 51.5 Å². The third-order valence-corrected chi connectivity index (χ3v) is 2.79. The molecule has 0 amide bonds. The van der Waals surface area contributed by atoms with Crippen molar-refractivity contribution in [1.29, 1.82) is 0 Å². The fourth-order valence-electron chi connectivity index (χ4n) is 1.95. The molecule has 1 rings (SSSR count). The lowest BCUT2D eigenvalue weighted by Crippen LogP contribution is -2.20. The van der Waals surface area contributed by atoms with E-state index in [0.717, 1.165) is 13.0 Å². The van der Waals surface area contributed by atoms with Crippen molar-refractivity contribution >= 4 is 0 Å². The monoisotopic (exact) mass is 205 g/mol. The van der Waals surface area contributed by atoms with Crippen molar-refractivity contribution < 1.29 is 0 Å². The Bertz CT molecular complexity index is 274. The SMILES string of the molecule is CCCC(NCC)c1cccc(CC)c1. The van der Waals surface area contributed by atoms with Crippen LogP contribution in [0.5, 0.6) is 0 Å². The maximum atomic E-state index is 3.55. The fraction of sp³-hybridized carbons (Fsp3) is 0.571. The zero-order chi connectivity index (χ0) is 11.1. The summed E-state index contributed by atoms with van der Waals surface area (Å²) in [5.41, 5.74) is 2.88. The topological polar surface area (TPSA) is 12.0 Å². The van der Waals surface area contributed by atoms with Gasteiger partial charge in [-0.15, -0.1) is 0 Å². The molecule has 1 atom stereocenters. The van der Waals surface area contributed by atoms with Gasteiger partial charge in [0.05, 0.1) is 0 Å². The van der Waals surface area contributed by atoms with E-state index in [1.54, 1.807) is 0 Å². The summed E-state index contributed by atoms with van der Waals surface area (Å²) >= 11 is 0. The van der Waals surface area contributed by atoms with E-state index in [2.05, 4.69) is 50.4 Å². The van der Waals surface area contributed by atoms with Crippen molar-refractivity contribution in [3.05, 3.63) is 35.4 Å². The van der Waals surface area contributed by atoms with E-state index in [1.165, 1.54) is 24.0 Å². The van der Waals surface area contributed by atoms with Gasteiger partial charge in [-0.25, -0.2) is 0 Å². The number of hydrogen-bond acceptors (Lipinski definition) is 1. The molecule has 0 aliphatic carbocycles. The minimum absolute atomic E-state index is 0.534. The maximum absolute atomic E-state index is 3.55. The lowest BCUT2D eigenvalue weighted by molar-refractivity contribution is 0.509. The molecule has 0 bridgehead atoms. The number of nitrogens with one attached hydrogen (secondary N) is 1. The van der Waals surface area contributed by atoms with Crippen LogP contribution < -0.4 is 5.32 Å². The van der Waals surface area contributed by atoms with Gasteiger partial charge in [0.2, 0.25) is 0 Å². The molecule has 1 unspecified atom stereocenters. The molecule has 0 fully saturated rings. The van der Waals surface area contributed by atoms with Crippen molar-refractivity contribution in [2.24, 2.45) is 0 Å². The van der Waals surface area contributed by atoms with Gasteiger partial charge in [0.1, 0.15) is 0 Å². The van der Waals surface area contributed by atoms with Gasteiger partial charge in [0.15, 0.2) is 0 Å². The summed E-state index contributed by atoms with van der Waals surface area (Å²) in [6, 6.07) is 9.49. The average Bonchev–Trinajstić information content (AvgIpc) is 2.29. The second-order valence-electron chi connectivity index (χ2n) is 4.00. The third-order valence-electron chi connectivity index (χ3n) is 2.79. The van der Waals surface area contributed by atoms with Crippen LogP contribution in [0, 0.1) is 0 Å². The fourth-order valence-corrected chi connectivity index (χ4v) is 1.95. The van der Waals surface area contributed by atoms with Crippen molar-refractivity contribution in [2.45, 2.75) is 46.1 Å². The molecule has 0 saturated heterocycles. The summed E-state index contributed by atoms with van der Waals surface area (Å²) in [6.07, 6.45) is 3.58. The van der Waals surface area contributed by atoms with Crippen molar-refractivity contribution in [2.75, 3.05) is 6.54 Å². The highest BCUT2D eigenvalue weighted by Crippen LogP contribution is 2.19. The maximum Gasteiger partial charge on any atom is 0.0320 e. The first-order chi connectivity index (χ1) is 7.31. The number of hydrogen-bond donors (Lipinski definition) is 1. The number of aryl methyl sites for hydroxylation is 1. The molecular formula is C14H23N. The van der Waals surface area contributed by atoms with Crippen LogP contribution >= 0.6 is 0 Å². The van der Waals surface area contributed by atoms with E-state index in [-0.39, 0.29) is 0 Å². The van der Waals surface area contributed by atoms with Crippen molar-refractivity contribution in [3.8, 4) is 0 Å². The predicted octanol–water partition coefficient (Wildman–Crippen LogP) is 3.70. The van der Waals surface area contributed by atoms with Gasteiger partial charge in [-0.2, -0.15) is 0 Å². The Morgan fingerprint density at radius 3 is 2.60 bits per heavy atom. The van der Waals surface area contributed by atoms with Gasteiger partial charge in [0.25, 0.3) is 0 Å². The van der Waals surface area contributed by atoms with E-state index in [0.29, 0.717) is 6.04 Å². The Labute approximate surface area is 93.9 Å². The summed E-state index contributed by atoms with van der Waals surface area (Å²) in [6.45, 7) is 7.67. The molecule has 1 heteroatoms. The molecule has 0 saturated carbocycles. The zero-order valence-corrected chi connectivity index (χ0v) is 10.2. The summed E-state index contributed by atoms with van der Waals surface area (Å²) in [4.78, 5) is 0. The number of rotatable bonds is 6. The molecule has 1 aromatic carbocycles. The standard InChI is InChI=1S/C14H23N/c1-4-8-14(15-6-3)13-10-7-9-12(5-2)11-13/h7,9-11,14-15H,4-6,8H2,1-3H3. The molecule has 84 valence electrons. The quantitative estimate of drug-likeness (QED) is 0.746. The molecule has 0 aliphatic heterocycles. The minimum Gasteiger partial charge on any atom is -0.310 e. The van der Waals surface area contributed by atoms with Crippen LogP contribution in [0.1, 0.15) is 50.8 Å². The molecule has 0 heterocycles. The molecule has 0 aromatic heterocycles. The van der Waals surface area contributed by atoms with Crippen LogP contribution in [-0.2, 0) is 6.42 Å². The summed E-state index contributed by atoms with van der Waals surface area (Å²) in [5.74, 6) is 0. The normalized spacial score (nSPS) is 12.7. The predicted molar refractivity (Wildman–Crippen MR) is 67.1 cm³/mol. The van der Waals surface area contributed by atoms with E-state index < -0.39 is 0 Å². The van der Waals surface area contributed by atoms with Crippen molar-refractivity contribution in [1.82, 2.24) is 5.32 Å². The van der Waals surface area contributed by atoms with Crippen LogP contribution in [0.25, 0.3) is 0 Å². The summed E-state index contributed by atoms with van der Waals surface area (Å²) < 4.78 is 0. The zero-order valence-electron chi connectivity index (χ0n) is 10.2. The number of benzene rings is 1. The Morgan fingerprint density at radius 2 is 2.00 bits per heavy atom. The van der Waals surface area contributed by atoms with Crippen molar-refractivity contribution in [3.63, 3.8) is 0 Å². The van der Waals surface area contributed by atoms with Crippen LogP contribution in [0.4, 0.5) is 0 Å². The highest BCUT2D eigenvalue weighted by molar-refractivity contribution is 5.26. The van der Waals surface area contributed by atoms with E-state index in [1.807, 2.05) is 0 Å². The lowest BCUT2D eigenvalue weighted by atomic mass is 9.99. The Kier molecular flexibility index (Phi) is 5.41. The molecule has 0 spiro atoms. The highest BCUT2D eigenvalue weighted by atomic mass is 14.9. The van der Waals surface area contributed by atoms with Crippen LogP contribution in [0.2, 0.25) is 0 Å². The third kappa shape index (κ3) is 3.67. The molecule has 1 nitrogen and oxygen atoms in total. The molecular weight excluding hydrogens is 182 g/mol. The highest BCUT2D eigenvalue weighted by Gasteiger charge is 2.08. The van der Waals surface area contributed by atoms with Gasteiger partial charge >= 0.3 is 0 Å². The molecule has 0 radical (unpaired) electrons. The van der Waals surface area contributed by atoms with E-state index in [4.69, 9.17) is 0 Å². The van der Waals surface area contributed by atoms with Crippen LogP contribution in [-0.4, -0.2) is 6.54 Å². The Morgan fingerprint density at radius 1 is 1.20 bits per heavy atom. The smallest absolute Gasteiger partial charge is 0.0320 e. The second kappa shape index (κ2) is 6.62. The Hall–Kier alpha value is -0.820. The Balaban J connectivity index is 2.79. The van der Waals surface area contributed by atoms with Gasteiger partial charge < -0.3 is 5.32 Å². The summed E-state index contributed by atoms with van der Waals surface area (Å²) in [7, 11) is 0. The van der Waals surface area contributed by atoms with Gasteiger partial charge in [-0.3, -0.25) is 0 Å². The molecule has 1 aromatic rings. The first kappa shape index (κ1) is 12.3. The first-order valence-corrected chi connectivity index (χ1v) is 6.14. The van der Waals surface area contributed by atoms with Crippen LogP contribution in [0.3, 0.4) is 0 Å². The van der Waals surface area contributed by atoms with Crippen LogP contribution in [0.15, 0.2) is 24.3 Å². The molecule has 0 aliphatic rings. The molecule has 1 N–H and O–H groups in total.